The molecule has 1 fully saturated rings. The number of nitrogens with one attached hydrogen (secondary N) is 1. The molecular formula is C19H20N6O2. The number of amides is 1. The summed E-state index contributed by atoms with van der Waals surface area (Å²) in [5, 5.41) is 6.62. The maximum absolute atomic E-state index is 12.9. The standard InChI is InChI=1S/C19H20N6O2/c1-27-13-6-4-12(5-7-13)14-11-21-19(20)23-17(14)16-3-2-10-25(16)18(26)15-8-9-22-24-15/h4-9,11,16H,2-3,10H2,1H3,(H,22,24)(H2,20,21,23). The van der Waals surface area contributed by atoms with Gasteiger partial charge < -0.3 is 15.4 Å². The van der Waals surface area contributed by atoms with Gasteiger partial charge in [0.1, 0.15) is 11.4 Å². The number of aromatic amines is 1. The van der Waals surface area contributed by atoms with Crippen molar-refractivity contribution in [1.29, 1.82) is 0 Å². The Hall–Kier alpha value is -3.42. The van der Waals surface area contributed by atoms with Crippen molar-refractivity contribution in [2.24, 2.45) is 0 Å². The number of rotatable bonds is 4. The quantitative estimate of drug-likeness (QED) is 0.736. The van der Waals surface area contributed by atoms with Gasteiger partial charge in [-0.05, 0) is 36.6 Å². The van der Waals surface area contributed by atoms with E-state index in [4.69, 9.17) is 10.5 Å². The lowest BCUT2D eigenvalue weighted by Crippen LogP contribution is -2.31. The van der Waals surface area contributed by atoms with E-state index in [0.717, 1.165) is 35.4 Å². The summed E-state index contributed by atoms with van der Waals surface area (Å²) in [6, 6.07) is 9.19. The number of likely N-dealkylation sites (tertiary alicyclic amines) is 1. The lowest BCUT2D eigenvalue weighted by atomic mass is 9.99. The number of nitrogen functional groups attached to an aromatic ring is 1. The minimum absolute atomic E-state index is 0.0899. The summed E-state index contributed by atoms with van der Waals surface area (Å²) in [5.41, 5.74) is 8.92. The highest BCUT2D eigenvalue weighted by Gasteiger charge is 2.34. The Balaban J connectivity index is 1.73. The number of aromatic nitrogens is 4. The molecule has 1 atom stereocenters. The molecule has 3 N–H and O–H groups in total. The first-order valence-electron chi connectivity index (χ1n) is 8.74. The molecule has 1 saturated heterocycles. The summed E-state index contributed by atoms with van der Waals surface area (Å²) in [6.45, 7) is 0.661. The summed E-state index contributed by atoms with van der Waals surface area (Å²) < 4.78 is 5.23. The molecule has 1 aromatic carbocycles. The molecule has 4 rings (SSSR count). The zero-order valence-electron chi connectivity index (χ0n) is 14.9. The molecule has 0 bridgehead atoms. The summed E-state index contributed by atoms with van der Waals surface area (Å²) in [7, 11) is 1.63. The van der Waals surface area contributed by atoms with Crippen LogP contribution in [0.5, 0.6) is 5.75 Å². The third kappa shape index (κ3) is 3.21. The first kappa shape index (κ1) is 17.0. The van der Waals surface area contributed by atoms with E-state index >= 15 is 0 Å². The minimum Gasteiger partial charge on any atom is -0.497 e. The van der Waals surface area contributed by atoms with Crippen molar-refractivity contribution < 1.29 is 9.53 Å². The van der Waals surface area contributed by atoms with Crippen LogP contribution < -0.4 is 10.5 Å². The van der Waals surface area contributed by atoms with Gasteiger partial charge in [0.15, 0.2) is 0 Å². The highest BCUT2D eigenvalue weighted by molar-refractivity contribution is 5.92. The van der Waals surface area contributed by atoms with Crippen LogP contribution in [0.15, 0.2) is 42.7 Å². The number of carbonyl (C=O) groups is 1. The highest BCUT2D eigenvalue weighted by atomic mass is 16.5. The van der Waals surface area contributed by atoms with Gasteiger partial charge in [-0.1, -0.05) is 12.1 Å². The van der Waals surface area contributed by atoms with E-state index in [2.05, 4.69) is 20.2 Å². The maximum Gasteiger partial charge on any atom is 0.272 e. The monoisotopic (exact) mass is 364 g/mol. The third-order valence-corrected chi connectivity index (χ3v) is 4.80. The van der Waals surface area contributed by atoms with Crippen LogP contribution in [-0.4, -0.2) is 44.6 Å². The second-order valence-corrected chi connectivity index (χ2v) is 6.38. The predicted molar refractivity (Wildman–Crippen MR) is 100 cm³/mol. The van der Waals surface area contributed by atoms with Gasteiger partial charge in [-0.15, -0.1) is 0 Å². The van der Waals surface area contributed by atoms with Crippen LogP contribution in [-0.2, 0) is 0 Å². The first-order chi connectivity index (χ1) is 13.2. The van der Waals surface area contributed by atoms with Crippen LogP contribution >= 0.6 is 0 Å². The largest absolute Gasteiger partial charge is 0.497 e. The Kier molecular flexibility index (Phi) is 4.45. The fraction of sp³-hybridized carbons (Fsp3) is 0.263. The Morgan fingerprint density at radius 2 is 2.11 bits per heavy atom. The van der Waals surface area contributed by atoms with Gasteiger partial charge in [-0.3, -0.25) is 9.89 Å². The van der Waals surface area contributed by atoms with Crippen molar-refractivity contribution in [3.8, 4) is 16.9 Å². The van der Waals surface area contributed by atoms with Gasteiger partial charge in [0, 0.05) is 24.5 Å². The van der Waals surface area contributed by atoms with Gasteiger partial charge >= 0.3 is 0 Å². The van der Waals surface area contributed by atoms with E-state index in [9.17, 15) is 4.79 Å². The summed E-state index contributed by atoms with van der Waals surface area (Å²) in [4.78, 5) is 23.4. The first-order valence-corrected chi connectivity index (χ1v) is 8.74. The van der Waals surface area contributed by atoms with Crippen LogP contribution in [0.25, 0.3) is 11.1 Å². The molecule has 0 saturated carbocycles. The Morgan fingerprint density at radius 1 is 1.30 bits per heavy atom. The van der Waals surface area contributed by atoms with E-state index in [0.29, 0.717) is 12.2 Å². The van der Waals surface area contributed by atoms with E-state index in [1.807, 2.05) is 29.2 Å². The van der Waals surface area contributed by atoms with Crippen LogP contribution in [0.1, 0.15) is 35.1 Å². The molecule has 0 radical (unpaired) electrons. The number of H-pyrrole nitrogens is 1. The number of benzene rings is 1. The number of anilines is 1. The number of carbonyl (C=O) groups excluding carboxylic acids is 1. The number of nitrogens with two attached hydrogens (primary N) is 1. The third-order valence-electron chi connectivity index (χ3n) is 4.80. The van der Waals surface area contributed by atoms with E-state index in [1.165, 1.54) is 0 Å². The number of methoxy groups -OCH3 is 1. The molecule has 138 valence electrons. The Morgan fingerprint density at radius 3 is 2.81 bits per heavy atom. The number of hydrogen-bond acceptors (Lipinski definition) is 6. The van der Waals surface area contributed by atoms with Gasteiger partial charge in [0.05, 0.1) is 18.8 Å². The van der Waals surface area contributed by atoms with Gasteiger partial charge in [-0.25, -0.2) is 9.97 Å². The van der Waals surface area contributed by atoms with Crippen LogP contribution in [0.3, 0.4) is 0 Å². The van der Waals surface area contributed by atoms with E-state index < -0.39 is 0 Å². The Bertz CT molecular complexity index is 939. The van der Waals surface area contributed by atoms with Crippen molar-refractivity contribution in [2.75, 3.05) is 19.4 Å². The molecule has 0 aliphatic carbocycles. The highest BCUT2D eigenvalue weighted by Crippen LogP contribution is 2.37. The van der Waals surface area contributed by atoms with Crippen molar-refractivity contribution in [1.82, 2.24) is 25.1 Å². The SMILES string of the molecule is COc1ccc(-c2cnc(N)nc2C2CCCN2C(=O)c2ccn[nH]2)cc1. The van der Waals surface area contributed by atoms with Gasteiger partial charge in [-0.2, -0.15) is 5.10 Å². The molecule has 0 spiro atoms. The molecule has 3 aromatic rings. The van der Waals surface area contributed by atoms with Gasteiger partial charge in [0.25, 0.3) is 5.91 Å². The molecule has 27 heavy (non-hydrogen) atoms. The van der Waals surface area contributed by atoms with E-state index in [1.54, 1.807) is 25.6 Å². The lowest BCUT2D eigenvalue weighted by molar-refractivity contribution is 0.0727. The molecule has 3 heterocycles. The minimum atomic E-state index is -0.164. The van der Waals surface area contributed by atoms with Crippen molar-refractivity contribution in [2.45, 2.75) is 18.9 Å². The molecule has 1 unspecified atom stereocenters. The molecular weight excluding hydrogens is 344 g/mol. The lowest BCUT2D eigenvalue weighted by Gasteiger charge is -2.25. The topological polar surface area (TPSA) is 110 Å². The normalized spacial score (nSPS) is 16.5. The zero-order valence-corrected chi connectivity index (χ0v) is 14.9. The molecule has 1 aliphatic heterocycles. The fourth-order valence-corrected chi connectivity index (χ4v) is 3.48. The molecule has 1 amide bonds. The summed E-state index contributed by atoms with van der Waals surface area (Å²) in [5.74, 6) is 0.879. The number of nitrogens with zero attached hydrogens (tertiary/aromatic N) is 4. The smallest absolute Gasteiger partial charge is 0.272 e. The van der Waals surface area contributed by atoms with E-state index in [-0.39, 0.29) is 17.9 Å². The fourth-order valence-electron chi connectivity index (χ4n) is 3.48. The van der Waals surface area contributed by atoms with Crippen LogP contribution in [0, 0.1) is 0 Å². The Labute approximate surface area is 156 Å². The molecule has 2 aromatic heterocycles. The summed E-state index contributed by atoms with van der Waals surface area (Å²) >= 11 is 0. The maximum atomic E-state index is 12.9. The second-order valence-electron chi connectivity index (χ2n) is 6.38. The molecule has 8 heteroatoms. The number of ether oxygens (including phenoxy) is 1. The number of hydrogen-bond donors (Lipinski definition) is 2. The van der Waals surface area contributed by atoms with Crippen LogP contribution in [0.2, 0.25) is 0 Å². The van der Waals surface area contributed by atoms with Crippen LogP contribution in [0.4, 0.5) is 5.95 Å². The zero-order chi connectivity index (χ0) is 18.8. The molecule has 8 nitrogen and oxygen atoms in total. The van der Waals surface area contributed by atoms with Gasteiger partial charge in [0.2, 0.25) is 5.95 Å². The molecule has 1 aliphatic rings. The van der Waals surface area contributed by atoms with Crippen molar-refractivity contribution in [3.05, 3.63) is 54.1 Å². The summed E-state index contributed by atoms with van der Waals surface area (Å²) in [6.07, 6.45) is 5.01. The average molecular weight is 364 g/mol. The van der Waals surface area contributed by atoms with Crippen molar-refractivity contribution in [3.63, 3.8) is 0 Å². The second kappa shape index (κ2) is 7.06. The predicted octanol–water partition coefficient (Wildman–Crippen LogP) is 2.43. The average Bonchev–Trinajstić information content (AvgIpc) is 3.39. The van der Waals surface area contributed by atoms with Crippen molar-refractivity contribution >= 4 is 11.9 Å².